The second kappa shape index (κ2) is 3.12. The number of rotatable bonds is 1. The van der Waals surface area contributed by atoms with E-state index in [0.29, 0.717) is 0 Å². The van der Waals surface area contributed by atoms with Crippen molar-refractivity contribution in [3.63, 3.8) is 0 Å². The van der Waals surface area contributed by atoms with Crippen molar-refractivity contribution in [3.8, 4) is 0 Å². The highest BCUT2D eigenvalue weighted by Crippen LogP contribution is 2.36. The number of hydrogen-bond donors (Lipinski definition) is 1. The van der Waals surface area contributed by atoms with Crippen molar-refractivity contribution in [2.45, 2.75) is 25.7 Å². The van der Waals surface area contributed by atoms with Gasteiger partial charge in [-0.25, -0.2) is 0 Å². The van der Waals surface area contributed by atoms with Gasteiger partial charge in [-0.3, -0.25) is 4.79 Å². The molecule has 2 heteroatoms. The quantitative estimate of drug-likeness (QED) is 0.688. The van der Waals surface area contributed by atoms with Gasteiger partial charge in [-0.15, -0.1) is 0 Å². The first kappa shape index (κ1) is 9.25. The minimum absolute atomic E-state index is 0.224. The van der Waals surface area contributed by atoms with E-state index in [1.165, 1.54) is 5.56 Å². The lowest BCUT2D eigenvalue weighted by atomic mass is 9.78. The molecule has 0 saturated carbocycles. The zero-order valence-corrected chi connectivity index (χ0v) is 8.63. The first-order valence-corrected chi connectivity index (χ1v) is 4.97. The van der Waals surface area contributed by atoms with Crippen molar-refractivity contribution in [1.29, 1.82) is 0 Å². The largest absolute Gasteiger partial charge is 0.385 e. The van der Waals surface area contributed by atoms with E-state index in [-0.39, 0.29) is 5.41 Å². The van der Waals surface area contributed by atoms with E-state index >= 15 is 0 Å². The lowest BCUT2D eigenvalue weighted by molar-refractivity contribution is 0.112. The Kier molecular flexibility index (Phi) is 2.06. The molecule has 1 aromatic rings. The van der Waals surface area contributed by atoms with Crippen LogP contribution in [0.1, 0.15) is 36.2 Å². The molecule has 1 aliphatic rings. The fourth-order valence-corrected chi connectivity index (χ4v) is 2.02. The number of aldehydes is 1. The van der Waals surface area contributed by atoms with Gasteiger partial charge in [-0.2, -0.15) is 0 Å². The van der Waals surface area contributed by atoms with E-state index in [2.05, 4.69) is 25.2 Å². The third kappa shape index (κ3) is 1.41. The molecule has 0 fully saturated rings. The molecule has 0 aliphatic carbocycles. The van der Waals surface area contributed by atoms with E-state index in [0.717, 1.165) is 30.5 Å². The van der Waals surface area contributed by atoms with Gasteiger partial charge in [0.05, 0.1) is 0 Å². The van der Waals surface area contributed by atoms with Crippen LogP contribution in [-0.2, 0) is 5.41 Å². The highest BCUT2D eigenvalue weighted by Gasteiger charge is 2.26. The Balaban J connectivity index is 2.51. The molecule has 0 aromatic heterocycles. The molecule has 1 aromatic carbocycles. The minimum atomic E-state index is 0.224. The zero-order chi connectivity index (χ0) is 10.2. The summed E-state index contributed by atoms with van der Waals surface area (Å²) in [5.74, 6) is 0. The van der Waals surface area contributed by atoms with E-state index < -0.39 is 0 Å². The molecule has 0 spiro atoms. The maximum absolute atomic E-state index is 10.6. The van der Waals surface area contributed by atoms with Crippen molar-refractivity contribution in [1.82, 2.24) is 0 Å². The highest BCUT2D eigenvalue weighted by atomic mass is 16.1. The van der Waals surface area contributed by atoms with Gasteiger partial charge in [0.25, 0.3) is 0 Å². The Morgan fingerprint density at radius 2 is 2.21 bits per heavy atom. The summed E-state index contributed by atoms with van der Waals surface area (Å²) in [7, 11) is 0. The smallest absolute Gasteiger partial charge is 0.150 e. The molecule has 1 N–H and O–H groups in total. The molecule has 74 valence electrons. The summed E-state index contributed by atoms with van der Waals surface area (Å²) >= 11 is 0. The third-order valence-electron chi connectivity index (χ3n) is 2.97. The monoisotopic (exact) mass is 189 g/mol. The predicted octanol–water partition coefficient (Wildman–Crippen LogP) is 2.59. The van der Waals surface area contributed by atoms with Crippen molar-refractivity contribution < 1.29 is 4.79 Å². The van der Waals surface area contributed by atoms with Gasteiger partial charge in [0.15, 0.2) is 0 Å². The number of fused-ring (bicyclic) bond motifs is 1. The SMILES string of the molecule is CC1(C)CCNc2cc(C=O)ccc21. The van der Waals surface area contributed by atoms with Gasteiger partial charge in [-0.1, -0.05) is 26.0 Å². The topological polar surface area (TPSA) is 29.1 Å². The van der Waals surface area contributed by atoms with Crippen molar-refractivity contribution >= 4 is 12.0 Å². The van der Waals surface area contributed by atoms with Crippen molar-refractivity contribution in [3.05, 3.63) is 29.3 Å². The first-order valence-electron chi connectivity index (χ1n) is 4.97. The Morgan fingerprint density at radius 1 is 1.43 bits per heavy atom. The Bertz CT molecular complexity index is 369. The summed E-state index contributed by atoms with van der Waals surface area (Å²) in [6.45, 7) is 5.48. The third-order valence-corrected chi connectivity index (χ3v) is 2.97. The lowest BCUT2D eigenvalue weighted by Crippen LogP contribution is -2.28. The van der Waals surface area contributed by atoms with Gasteiger partial charge in [-0.05, 0) is 23.5 Å². The van der Waals surface area contributed by atoms with Gasteiger partial charge in [0, 0.05) is 17.8 Å². The van der Waals surface area contributed by atoms with E-state index in [1.807, 2.05) is 12.1 Å². The summed E-state index contributed by atoms with van der Waals surface area (Å²) < 4.78 is 0. The molecular formula is C12H15NO. The van der Waals surface area contributed by atoms with Crippen LogP contribution >= 0.6 is 0 Å². The fraction of sp³-hybridized carbons (Fsp3) is 0.417. The molecule has 0 saturated heterocycles. The Hall–Kier alpha value is -1.31. The maximum atomic E-state index is 10.6. The molecule has 2 nitrogen and oxygen atoms in total. The van der Waals surface area contributed by atoms with Crippen LogP contribution in [0.2, 0.25) is 0 Å². The standard InChI is InChI=1S/C12H15NO/c1-12(2)5-6-13-11-7-9(8-14)3-4-10(11)12/h3-4,7-8,13H,5-6H2,1-2H3. The van der Waals surface area contributed by atoms with E-state index in [1.54, 1.807) is 0 Å². The average Bonchev–Trinajstić information content (AvgIpc) is 2.16. The summed E-state index contributed by atoms with van der Waals surface area (Å²) in [6.07, 6.45) is 2.03. The molecule has 0 unspecified atom stereocenters. The molecule has 2 rings (SSSR count). The number of hydrogen-bond acceptors (Lipinski definition) is 2. The van der Waals surface area contributed by atoms with Gasteiger partial charge in [0.1, 0.15) is 6.29 Å². The molecule has 14 heavy (non-hydrogen) atoms. The normalized spacial score (nSPS) is 18.1. The number of carbonyl (C=O) groups excluding carboxylic acids is 1. The predicted molar refractivity (Wildman–Crippen MR) is 58.0 cm³/mol. The maximum Gasteiger partial charge on any atom is 0.150 e. The van der Waals surface area contributed by atoms with E-state index in [4.69, 9.17) is 0 Å². The van der Waals surface area contributed by atoms with Crippen LogP contribution in [-0.4, -0.2) is 12.8 Å². The van der Waals surface area contributed by atoms with Crippen LogP contribution in [0.3, 0.4) is 0 Å². The molecule has 0 bridgehead atoms. The summed E-state index contributed by atoms with van der Waals surface area (Å²) in [5, 5.41) is 3.33. The number of carbonyl (C=O) groups is 1. The summed E-state index contributed by atoms with van der Waals surface area (Å²) in [5.41, 5.74) is 3.40. The zero-order valence-electron chi connectivity index (χ0n) is 8.63. The van der Waals surface area contributed by atoms with Crippen molar-refractivity contribution in [2.75, 3.05) is 11.9 Å². The molecule has 0 radical (unpaired) electrons. The lowest BCUT2D eigenvalue weighted by Gasteiger charge is -2.33. The molecule has 1 heterocycles. The number of anilines is 1. The minimum Gasteiger partial charge on any atom is -0.385 e. The summed E-state index contributed by atoms with van der Waals surface area (Å²) in [4.78, 5) is 10.6. The van der Waals surface area contributed by atoms with Gasteiger partial charge in [0.2, 0.25) is 0 Å². The molecular weight excluding hydrogens is 174 g/mol. The fourth-order valence-electron chi connectivity index (χ4n) is 2.02. The van der Waals surface area contributed by atoms with Gasteiger partial charge >= 0.3 is 0 Å². The second-order valence-electron chi connectivity index (χ2n) is 4.48. The molecule has 0 amide bonds. The van der Waals surface area contributed by atoms with Gasteiger partial charge < -0.3 is 5.32 Å². The molecule has 0 atom stereocenters. The Morgan fingerprint density at radius 3 is 2.93 bits per heavy atom. The van der Waals surface area contributed by atoms with Crippen LogP contribution in [0.4, 0.5) is 5.69 Å². The average molecular weight is 189 g/mol. The van der Waals surface area contributed by atoms with Crippen LogP contribution in [0, 0.1) is 0 Å². The Labute approximate surface area is 84.3 Å². The van der Waals surface area contributed by atoms with Crippen LogP contribution in [0.25, 0.3) is 0 Å². The number of nitrogens with one attached hydrogen (secondary N) is 1. The second-order valence-corrected chi connectivity index (χ2v) is 4.48. The van der Waals surface area contributed by atoms with Crippen LogP contribution in [0.5, 0.6) is 0 Å². The summed E-state index contributed by atoms with van der Waals surface area (Å²) in [6, 6.07) is 5.88. The van der Waals surface area contributed by atoms with Crippen LogP contribution in [0.15, 0.2) is 18.2 Å². The van der Waals surface area contributed by atoms with E-state index in [9.17, 15) is 4.79 Å². The number of benzene rings is 1. The highest BCUT2D eigenvalue weighted by molar-refractivity contribution is 5.78. The van der Waals surface area contributed by atoms with Crippen molar-refractivity contribution in [2.24, 2.45) is 0 Å². The first-order chi connectivity index (χ1) is 6.63. The molecule has 1 aliphatic heterocycles. The van der Waals surface area contributed by atoms with Crippen LogP contribution < -0.4 is 5.32 Å².